The highest BCUT2D eigenvalue weighted by molar-refractivity contribution is 4.54. The molecule has 18 heavy (non-hydrogen) atoms. The van der Waals surface area contributed by atoms with Crippen molar-refractivity contribution in [3.63, 3.8) is 0 Å². The topological polar surface area (TPSA) is 68.2 Å². The van der Waals surface area contributed by atoms with Gasteiger partial charge in [-0.3, -0.25) is 0 Å². The minimum atomic E-state index is -0.529. The van der Waals surface area contributed by atoms with Crippen molar-refractivity contribution in [2.24, 2.45) is 0 Å². The summed E-state index contributed by atoms with van der Waals surface area (Å²) in [4.78, 5) is 0. The molecule has 5 nitrogen and oxygen atoms in total. The van der Waals surface area contributed by atoms with Gasteiger partial charge in [0.1, 0.15) is 6.10 Å². The lowest BCUT2D eigenvalue weighted by Gasteiger charge is -2.10. The fourth-order valence-corrected chi connectivity index (χ4v) is 1.67. The van der Waals surface area contributed by atoms with Gasteiger partial charge in [0, 0.05) is 20.8 Å². The van der Waals surface area contributed by atoms with E-state index >= 15 is 0 Å². The Morgan fingerprint density at radius 2 is 1.39 bits per heavy atom. The van der Waals surface area contributed by atoms with Crippen LogP contribution in [-0.4, -0.2) is 63.1 Å². The molecule has 2 atom stereocenters. The molecule has 0 rings (SSSR count). The van der Waals surface area contributed by atoms with E-state index in [-0.39, 0.29) is 6.10 Å². The standard InChI is InChI=1S/C13H28O5/c1-16-9-12(14)7-5-3-4-6-8-18-11-13(15)10-17-2/h12-15H,3-11H2,1-2H3. The summed E-state index contributed by atoms with van der Waals surface area (Å²) in [6.45, 7) is 1.74. The molecular weight excluding hydrogens is 236 g/mol. The second kappa shape index (κ2) is 13.2. The predicted molar refractivity (Wildman–Crippen MR) is 69.7 cm³/mol. The number of hydrogen-bond donors (Lipinski definition) is 2. The van der Waals surface area contributed by atoms with E-state index in [2.05, 4.69) is 0 Å². The maximum Gasteiger partial charge on any atom is 0.101 e. The molecule has 0 radical (unpaired) electrons. The Hall–Kier alpha value is -0.200. The molecule has 0 saturated heterocycles. The number of ether oxygens (including phenoxy) is 3. The normalized spacial score (nSPS) is 14.7. The molecule has 2 unspecified atom stereocenters. The number of aliphatic hydroxyl groups is 2. The van der Waals surface area contributed by atoms with Gasteiger partial charge in [-0.2, -0.15) is 0 Å². The molecule has 0 aliphatic carbocycles. The van der Waals surface area contributed by atoms with E-state index in [1.54, 1.807) is 14.2 Å². The Morgan fingerprint density at radius 1 is 0.778 bits per heavy atom. The third-order valence-corrected chi connectivity index (χ3v) is 2.60. The molecule has 5 heteroatoms. The zero-order valence-electron chi connectivity index (χ0n) is 11.6. The van der Waals surface area contributed by atoms with Crippen LogP contribution in [0.5, 0.6) is 0 Å². The molecule has 0 aliphatic heterocycles. The van der Waals surface area contributed by atoms with Gasteiger partial charge in [-0.15, -0.1) is 0 Å². The van der Waals surface area contributed by atoms with E-state index in [0.717, 1.165) is 32.1 Å². The minimum Gasteiger partial charge on any atom is -0.391 e. The summed E-state index contributed by atoms with van der Waals surface area (Å²) < 4.78 is 15.0. The van der Waals surface area contributed by atoms with Crippen LogP contribution in [0.2, 0.25) is 0 Å². The van der Waals surface area contributed by atoms with Crippen LogP contribution in [0.3, 0.4) is 0 Å². The molecule has 0 aromatic rings. The molecule has 0 saturated carbocycles. The Bertz CT molecular complexity index is 147. The lowest BCUT2D eigenvalue weighted by Crippen LogP contribution is -2.21. The summed E-state index contributed by atoms with van der Waals surface area (Å²) >= 11 is 0. The van der Waals surface area contributed by atoms with Crippen LogP contribution in [0.4, 0.5) is 0 Å². The summed E-state index contributed by atoms with van der Waals surface area (Å²) in [5.74, 6) is 0. The van der Waals surface area contributed by atoms with Crippen LogP contribution < -0.4 is 0 Å². The van der Waals surface area contributed by atoms with Crippen molar-refractivity contribution in [3.05, 3.63) is 0 Å². The number of aliphatic hydroxyl groups excluding tert-OH is 2. The fraction of sp³-hybridized carbons (Fsp3) is 1.00. The molecule has 0 spiro atoms. The average molecular weight is 264 g/mol. The fourth-order valence-electron chi connectivity index (χ4n) is 1.67. The van der Waals surface area contributed by atoms with Crippen molar-refractivity contribution >= 4 is 0 Å². The van der Waals surface area contributed by atoms with Crippen molar-refractivity contribution in [1.82, 2.24) is 0 Å². The van der Waals surface area contributed by atoms with Crippen LogP contribution in [0.1, 0.15) is 32.1 Å². The Balaban J connectivity index is 3.11. The molecule has 0 aromatic heterocycles. The summed E-state index contributed by atoms with van der Waals surface area (Å²) in [7, 11) is 3.15. The molecule has 110 valence electrons. The van der Waals surface area contributed by atoms with E-state index in [0.29, 0.717) is 26.4 Å². The monoisotopic (exact) mass is 264 g/mol. The van der Waals surface area contributed by atoms with Crippen LogP contribution in [0.25, 0.3) is 0 Å². The highest BCUT2D eigenvalue weighted by Crippen LogP contribution is 2.06. The van der Waals surface area contributed by atoms with Gasteiger partial charge in [-0.1, -0.05) is 19.3 Å². The van der Waals surface area contributed by atoms with E-state index in [1.165, 1.54) is 0 Å². The van der Waals surface area contributed by atoms with Gasteiger partial charge in [-0.25, -0.2) is 0 Å². The predicted octanol–water partition coefficient (Wildman–Crippen LogP) is 0.968. The van der Waals surface area contributed by atoms with Crippen molar-refractivity contribution < 1.29 is 24.4 Å². The maximum atomic E-state index is 9.41. The molecular formula is C13H28O5. The Morgan fingerprint density at radius 3 is 2.06 bits per heavy atom. The first-order valence-corrected chi connectivity index (χ1v) is 6.62. The summed E-state index contributed by atoms with van der Waals surface area (Å²) in [6, 6.07) is 0. The van der Waals surface area contributed by atoms with E-state index in [9.17, 15) is 10.2 Å². The molecule has 0 aliphatic rings. The Labute approximate surface area is 110 Å². The Kier molecular flexibility index (Phi) is 13.1. The van der Waals surface area contributed by atoms with E-state index in [1.807, 2.05) is 0 Å². The van der Waals surface area contributed by atoms with Crippen molar-refractivity contribution in [2.75, 3.05) is 40.6 Å². The first-order chi connectivity index (χ1) is 8.70. The number of hydrogen-bond acceptors (Lipinski definition) is 5. The van der Waals surface area contributed by atoms with Crippen molar-refractivity contribution in [3.8, 4) is 0 Å². The molecule has 0 bridgehead atoms. The van der Waals surface area contributed by atoms with Crippen molar-refractivity contribution in [1.29, 1.82) is 0 Å². The summed E-state index contributed by atoms with van der Waals surface area (Å²) in [5.41, 5.74) is 0. The van der Waals surface area contributed by atoms with Gasteiger partial charge < -0.3 is 24.4 Å². The lowest BCUT2D eigenvalue weighted by molar-refractivity contribution is -0.00690. The van der Waals surface area contributed by atoms with E-state index < -0.39 is 6.10 Å². The first-order valence-electron chi connectivity index (χ1n) is 6.62. The van der Waals surface area contributed by atoms with Crippen LogP contribution >= 0.6 is 0 Å². The molecule has 0 heterocycles. The number of unbranched alkanes of at least 4 members (excludes halogenated alkanes) is 3. The molecule has 2 N–H and O–H groups in total. The first kappa shape index (κ1) is 17.8. The second-order valence-electron chi connectivity index (χ2n) is 4.50. The van der Waals surface area contributed by atoms with Gasteiger partial charge in [0.2, 0.25) is 0 Å². The highest BCUT2D eigenvalue weighted by atomic mass is 16.5. The van der Waals surface area contributed by atoms with Crippen LogP contribution in [0.15, 0.2) is 0 Å². The number of methoxy groups -OCH3 is 2. The van der Waals surface area contributed by atoms with Crippen LogP contribution in [-0.2, 0) is 14.2 Å². The summed E-state index contributed by atoms with van der Waals surface area (Å²) in [6.07, 6.45) is 4.10. The zero-order valence-corrected chi connectivity index (χ0v) is 11.6. The average Bonchev–Trinajstić information content (AvgIpc) is 2.33. The third kappa shape index (κ3) is 12.3. The second-order valence-corrected chi connectivity index (χ2v) is 4.50. The van der Waals surface area contributed by atoms with Gasteiger partial charge in [0.05, 0.1) is 25.9 Å². The quantitative estimate of drug-likeness (QED) is 0.485. The smallest absolute Gasteiger partial charge is 0.101 e. The third-order valence-electron chi connectivity index (χ3n) is 2.60. The maximum absolute atomic E-state index is 9.41. The molecule has 0 amide bonds. The van der Waals surface area contributed by atoms with Gasteiger partial charge >= 0.3 is 0 Å². The van der Waals surface area contributed by atoms with Gasteiger partial charge in [0.25, 0.3) is 0 Å². The number of rotatable bonds is 13. The zero-order chi connectivity index (χ0) is 13.6. The van der Waals surface area contributed by atoms with Gasteiger partial charge in [-0.05, 0) is 12.8 Å². The van der Waals surface area contributed by atoms with Gasteiger partial charge in [0.15, 0.2) is 0 Å². The highest BCUT2D eigenvalue weighted by Gasteiger charge is 2.03. The summed E-state index contributed by atoms with van der Waals surface area (Å²) in [5, 5.41) is 18.7. The molecule has 0 fully saturated rings. The molecule has 0 aromatic carbocycles. The minimum absolute atomic E-state index is 0.317. The largest absolute Gasteiger partial charge is 0.391 e. The van der Waals surface area contributed by atoms with E-state index in [4.69, 9.17) is 14.2 Å². The SMILES string of the molecule is COCC(O)CCCCCCOCC(O)COC. The van der Waals surface area contributed by atoms with Crippen molar-refractivity contribution in [2.45, 2.75) is 44.3 Å². The lowest BCUT2D eigenvalue weighted by atomic mass is 10.1. The van der Waals surface area contributed by atoms with Crippen LogP contribution in [0, 0.1) is 0 Å².